The van der Waals surface area contributed by atoms with Crippen molar-refractivity contribution in [1.82, 2.24) is 8.61 Å². The Labute approximate surface area is 423 Å². The monoisotopic (exact) mass is 1180 g/mol. The van der Waals surface area contributed by atoms with Crippen LogP contribution < -0.4 is 19.3 Å². The standard InChI is InChI=1S/C22H31F3N2O6S.C18H25F3N2O5S.C4H8Br2O/c1-20(2,3)33-19(28)21(8-14-31-15-9-21)34(29,30)27-12-10-26(11-13-27)17-4-6-18(7-5-17)32-16-22(23,24)25;1-17(2,3)28-16(24)12-29(25,26)23-10-8-22(9-11-23)14-4-6-15(7-5-14)27-13-18(19,20)21;5-1-3-7-4-2-6/h4-7H,8-16H2,1-3H3;4-7H,8-13H2,1-3H3;1-4H2. The SMILES string of the molecule is BrCCOCCBr.CC(C)(C)OC(=O)C1(S(=O)(=O)N2CCN(c3ccc(OCC(F)(F)F)cc3)CC2)CCOCC1.CC(C)(C)OC(=O)CS(=O)(=O)N1CCN(c2ccc(OCC(F)(F)F)cc2)CC1. The lowest BCUT2D eigenvalue weighted by molar-refractivity contribution is -0.161. The molecule has 0 radical (unpaired) electrons. The molecule has 0 aromatic heterocycles. The highest BCUT2D eigenvalue weighted by Crippen LogP contribution is 2.36. The average Bonchev–Trinajstić information content (AvgIpc) is 3.27. The van der Waals surface area contributed by atoms with Crippen molar-refractivity contribution < 1.29 is 81.2 Å². The number of esters is 2. The summed E-state index contributed by atoms with van der Waals surface area (Å²) in [6.45, 7) is 11.5. The van der Waals surface area contributed by atoms with Gasteiger partial charge in [0.2, 0.25) is 20.0 Å². The summed E-state index contributed by atoms with van der Waals surface area (Å²) < 4.78 is 157. The van der Waals surface area contributed by atoms with Gasteiger partial charge in [0.1, 0.15) is 22.7 Å². The van der Waals surface area contributed by atoms with Crippen molar-refractivity contribution in [1.29, 1.82) is 0 Å². The summed E-state index contributed by atoms with van der Waals surface area (Å²) in [7, 11) is -7.81. The molecule has 70 heavy (non-hydrogen) atoms. The van der Waals surface area contributed by atoms with Gasteiger partial charge < -0.3 is 38.2 Å². The quantitative estimate of drug-likeness (QED) is 0.0717. The Hall–Kier alpha value is -3.14. The molecule has 0 aliphatic carbocycles. The van der Waals surface area contributed by atoms with Gasteiger partial charge in [0.25, 0.3) is 0 Å². The van der Waals surface area contributed by atoms with Crippen molar-refractivity contribution in [2.24, 2.45) is 0 Å². The third-order valence-electron chi connectivity index (χ3n) is 10.1. The van der Waals surface area contributed by atoms with Crippen molar-refractivity contribution in [3.05, 3.63) is 48.5 Å². The van der Waals surface area contributed by atoms with Gasteiger partial charge >= 0.3 is 24.3 Å². The summed E-state index contributed by atoms with van der Waals surface area (Å²) in [4.78, 5) is 28.8. The number of piperazine rings is 2. The molecule has 3 fully saturated rings. The van der Waals surface area contributed by atoms with Crippen molar-refractivity contribution >= 4 is 75.2 Å². The largest absolute Gasteiger partial charge is 0.484 e. The van der Waals surface area contributed by atoms with Gasteiger partial charge in [0.15, 0.2) is 23.7 Å². The van der Waals surface area contributed by atoms with E-state index in [1.165, 1.54) is 32.9 Å². The molecule has 3 aliphatic heterocycles. The fourth-order valence-electron chi connectivity index (χ4n) is 6.96. The van der Waals surface area contributed by atoms with E-state index in [0.717, 1.165) is 35.2 Å². The van der Waals surface area contributed by atoms with Gasteiger partial charge in [-0.15, -0.1) is 0 Å². The Morgan fingerprint density at radius 3 is 1.36 bits per heavy atom. The predicted octanol–water partition coefficient (Wildman–Crippen LogP) is 7.18. The third-order valence-corrected chi connectivity index (χ3v) is 15.2. The Morgan fingerprint density at radius 1 is 0.614 bits per heavy atom. The average molecular weight is 1180 g/mol. The smallest absolute Gasteiger partial charge is 0.422 e. The van der Waals surface area contributed by atoms with Crippen LogP contribution in [0.25, 0.3) is 0 Å². The van der Waals surface area contributed by atoms with E-state index in [2.05, 4.69) is 36.6 Å². The van der Waals surface area contributed by atoms with Crippen LogP contribution in [-0.4, -0.2) is 174 Å². The van der Waals surface area contributed by atoms with Gasteiger partial charge in [-0.1, -0.05) is 31.9 Å². The normalized spacial score (nSPS) is 17.6. The summed E-state index contributed by atoms with van der Waals surface area (Å²) in [5, 5.41) is 1.86. The molecule has 5 rings (SSSR count). The molecule has 0 atom stereocenters. The Bertz CT molecular complexity index is 2140. The van der Waals surface area contributed by atoms with Crippen LogP contribution in [0.2, 0.25) is 0 Å². The first-order chi connectivity index (χ1) is 32.4. The molecule has 3 saturated heterocycles. The third kappa shape index (κ3) is 20.8. The number of hydrogen-bond acceptors (Lipinski definition) is 14. The molecule has 2 aromatic carbocycles. The van der Waals surface area contributed by atoms with Crippen molar-refractivity contribution in [3.8, 4) is 11.5 Å². The van der Waals surface area contributed by atoms with E-state index >= 15 is 0 Å². The molecule has 0 amide bonds. The minimum absolute atomic E-state index is 0.0316. The second-order valence-electron chi connectivity index (χ2n) is 18.0. The number of nitrogens with zero attached hydrogens (tertiary/aromatic N) is 4. The second-order valence-corrected chi connectivity index (χ2v) is 23.8. The van der Waals surface area contributed by atoms with Gasteiger partial charge in [0.05, 0.1) is 13.2 Å². The maximum atomic E-state index is 13.7. The topological polar surface area (TPSA) is 171 Å². The van der Waals surface area contributed by atoms with E-state index in [-0.39, 0.29) is 63.7 Å². The molecule has 0 spiro atoms. The summed E-state index contributed by atoms with van der Waals surface area (Å²) >= 11 is 6.48. The van der Waals surface area contributed by atoms with Crippen LogP contribution in [0.1, 0.15) is 54.4 Å². The minimum atomic E-state index is -4.42. The molecule has 400 valence electrons. The lowest BCUT2D eigenvalue weighted by atomic mass is 9.99. The van der Waals surface area contributed by atoms with E-state index in [4.69, 9.17) is 23.7 Å². The first kappa shape index (κ1) is 61.2. The summed E-state index contributed by atoms with van der Waals surface area (Å²) in [6.07, 6.45) is -8.75. The summed E-state index contributed by atoms with van der Waals surface area (Å²) in [6, 6.07) is 12.3. The number of carbonyl (C=O) groups excluding carboxylic acids is 2. The molecule has 0 unspecified atom stereocenters. The van der Waals surface area contributed by atoms with Crippen LogP contribution in [0.15, 0.2) is 48.5 Å². The number of sulfonamides is 2. The molecule has 16 nitrogen and oxygen atoms in total. The minimum Gasteiger partial charge on any atom is -0.484 e. The van der Waals surface area contributed by atoms with Crippen LogP contribution in [0.3, 0.4) is 0 Å². The van der Waals surface area contributed by atoms with Crippen LogP contribution in [-0.2, 0) is 48.6 Å². The first-order valence-corrected chi connectivity index (χ1v) is 27.5. The van der Waals surface area contributed by atoms with Crippen LogP contribution in [0, 0.1) is 0 Å². The lowest BCUT2D eigenvalue weighted by Gasteiger charge is -2.42. The molecular formula is C44H64Br2F6N4O12S2. The van der Waals surface area contributed by atoms with Crippen LogP contribution >= 0.6 is 31.9 Å². The highest BCUT2D eigenvalue weighted by molar-refractivity contribution is 9.09. The van der Waals surface area contributed by atoms with Crippen molar-refractivity contribution in [3.63, 3.8) is 0 Å². The molecule has 3 aliphatic rings. The summed E-state index contributed by atoms with van der Waals surface area (Å²) in [5.41, 5.74) is -0.105. The van der Waals surface area contributed by atoms with Gasteiger partial charge in [-0.2, -0.15) is 35.0 Å². The zero-order valence-corrected chi connectivity index (χ0v) is 44.9. The molecule has 0 N–H and O–H groups in total. The van der Waals surface area contributed by atoms with E-state index in [9.17, 15) is 52.8 Å². The number of anilines is 2. The maximum absolute atomic E-state index is 13.7. The van der Waals surface area contributed by atoms with E-state index < -0.39 is 79.3 Å². The highest BCUT2D eigenvalue weighted by Gasteiger charge is 2.56. The highest BCUT2D eigenvalue weighted by atomic mass is 79.9. The number of alkyl halides is 8. The van der Waals surface area contributed by atoms with E-state index in [1.807, 2.05) is 9.80 Å². The Balaban J connectivity index is 0.000000329. The van der Waals surface area contributed by atoms with E-state index in [1.54, 1.807) is 65.8 Å². The number of ether oxygens (including phenoxy) is 6. The molecule has 2 aromatic rings. The van der Waals surface area contributed by atoms with E-state index in [0.29, 0.717) is 26.2 Å². The molecular weight excluding hydrogens is 1110 g/mol. The lowest BCUT2D eigenvalue weighted by Crippen LogP contribution is -2.61. The van der Waals surface area contributed by atoms with Crippen LogP contribution in [0.4, 0.5) is 37.7 Å². The van der Waals surface area contributed by atoms with Gasteiger partial charge in [0, 0.05) is 100 Å². The number of hydrogen-bond donors (Lipinski definition) is 0. The fraction of sp³-hybridized carbons (Fsp3) is 0.682. The number of halogens is 8. The van der Waals surface area contributed by atoms with Crippen molar-refractivity contribution in [2.45, 2.75) is 82.7 Å². The second kappa shape index (κ2) is 26.7. The zero-order valence-electron chi connectivity index (χ0n) is 40.1. The van der Waals surface area contributed by atoms with Crippen LogP contribution in [0.5, 0.6) is 11.5 Å². The number of rotatable bonds is 16. The predicted molar refractivity (Wildman–Crippen MR) is 259 cm³/mol. The molecule has 3 heterocycles. The Morgan fingerprint density at radius 2 is 1.00 bits per heavy atom. The summed E-state index contributed by atoms with van der Waals surface area (Å²) in [5.74, 6) is -2.06. The molecule has 26 heteroatoms. The number of benzene rings is 2. The molecule has 0 bridgehead atoms. The maximum Gasteiger partial charge on any atom is 0.422 e. The van der Waals surface area contributed by atoms with Gasteiger partial charge in [-0.3, -0.25) is 9.59 Å². The van der Waals surface area contributed by atoms with Gasteiger partial charge in [-0.25, -0.2) is 16.8 Å². The fourth-order valence-corrected chi connectivity index (χ4v) is 10.7. The number of carbonyl (C=O) groups is 2. The zero-order chi connectivity index (χ0) is 52.6. The molecule has 0 saturated carbocycles. The first-order valence-electron chi connectivity index (χ1n) is 22.2. The Kier molecular flexibility index (Phi) is 23.3. The van der Waals surface area contributed by atoms with Crippen molar-refractivity contribution in [2.75, 3.05) is 118 Å². The van der Waals surface area contributed by atoms with Gasteiger partial charge in [-0.05, 0) is 90.1 Å².